The standard InChI is InChI=1S/C24H26F3N5O/c1-14-17(6-5-7-20(14)24(25,26)27)15(2)28-22-19-13-32(16-8-9-16)21(33)12-18(19)23(30-29-22)31-10-3-4-11-31/h5-7,12-13,15-16H,3-4,8-11H2,1-2H3,(H,28,29)/t15-/m1/s1. The molecule has 33 heavy (non-hydrogen) atoms. The monoisotopic (exact) mass is 457 g/mol. The lowest BCUT2D eigenvalue weighted by molar-refractivity contribution is -0.138. The van der Waals surface area contributed by atoms with Crippen molar-refractivity contribution >= 4 is 22.4 Å². The Morgan fingerprint density at radius 1 is 1.12 bits per heavy atom. The van der Waals surface area contributed by atoms with E-state index >= 15 is 0 Å². The average molecular weight is 458 g/mol. The van der Waals surface area contributed by atoms with Crippen LogP contribution < -0.4 is 15.8 Å². The number of halogens is 3. The van der Waals surface area contributed by atoms with Gasteiger partial charge in [-0.3, -0.25) is 4.79 Å². The number of nitrogens with zero attached hydrogens (tertiary/aromatic N) is 4. The maximum Gasteiger partial charge on any atom is 0.416 e. The number of aromatic nitrogens is 3. The number of nitrogens with one attached hydrogen (secondary N) is 1. The van der Waals surface area contributed by atoms with Crippen molar-refractivity contribution in [3.05, 3.63) is 57.5 Å². The van der Waals surface area contributed by atoms with Gasteiger partial charge in [-0.1, -0.05) is 12.1 Å². The molecule has 0 amide bonds. The fourth-order valence-corrected chi connectivity index (χ4v) is 4.75. The molecule has 3 heterocycles. The van der Waals surface area contributed by atoms with E-state index in [0.29, 0.717) is 17.2 Å². The topological polar surface area (TPSA) is 63.1 Å². The van der Waals surface area contributed by atoms with Crippen LogP contribution in [0.5, 0.6) is 0 Å². The first-order valence-corrected chi connectivity index (χ1v) is 11.3. The fourth-order valence-electron chi connectivity index (χ4n) is 4.75. The van der Waals surface area contributed by atoms with Crippen molar-refractivity contribution < 1.29 is 13.2 Å². The Balaban J connectivity index is 1.58. The van der Waals surface area contributed by atoms with E-state index in [1.165, 1.54) is 13.0 Å². The normalized spacial score (nSPS) is 17.5. The molecule has 0 radical (unpaired) electrons. The second kappa shape index (κ2) is 8.04. The highest BCUT2D eigenvalue weighted by Gasteiger charge is 2.33. The number of benzene rings is 1. The number of hydrogen-bond donors (Lipinski definition) is 1. The van der Waals surface area contributed by atoms with Crippen LogP contribution >= 0.6 is 0 Å². The van der Waals surface area contributed by atoms with Crippen molar-refractivity contribution in [2.75, 3.05) is 23.3 Å². The first-order valence-electron chi connectivity index (χ1n) is 11.3. The molecule has 0 unspecified atom stereocenters. The maximum absolute atomic E-state index is 13.4. The minimum atomic E-state index is -4.41. The summed E-state index contributed by atoms with van der Waals surface area (Å²) in [6, 6.07) is 5.59. The van der Waals surface area contributed by atoms with Gasteiger partial charge >= 0.3 is 6.18 Å². The summed E-state index contributed by atoms with van der Waals surface area (Å²) in [5, 5.41) is 13.6. The maximum atomic E-state index is 13.4. The van der Waals surface area contributed by atoms with E-state index in [4.69, 9.17) is 0 Å². The molecule has 0 spiro atoms. The van der Waals surface area contributed by atoms with Gasteiger partial charge < -0.3 is 14.8 Å². The zero-order valence-electron chi connectivity index (χ0n) is 18.6. The van der Waals surface area contributed by atoms with Crippen LogP contribution in [0.25, 0.3) is 10.8 Å². The predicted molar refractivity (Wildman–Crippen MR) is 122 cm³/mol. The minimum Gasteiger partial charge on any atom is -0.361 e. The SMILES string of the molecule is Cc1c([C@@H](C)Nc2nnc(N3CCCC3)c3cc(=O)n(C4CC4)cc23)cccc1C(F)(F)F. The average Bonchev–Trinajstić information content (AvgIpc) is 3.46. The molecule has 2 aromatic heterocycles. The Bertz CT molecular complexity index is 1260. The van der Waals surface area contributed by atoms with Crippen LogP contribution in [-0.2, 0) is 6.18 Å². The number of alkyl halides is 3. The van der Waals surface area contributed by atoms with E-state index in [0.717, 1.165) is 55.6 Å². The van der Waals surface area contributed by atoms with Crippen LogP contribution in [0.15, 0.2) is 35.3 Å². The summed E-state index contributed by atoms with van der Waals surface area (Å²) < 4.78 is 42.0. The zero-order chi connectivity index (χ0) is 23.3. The minimum absolute atomic E-state index is 0.0637. The van der Waals surface area contributed by atoms with Gasteiger partial charge in [-0.05, 0) is 56.7 Å². The van der Waals surface area contributed by atoms with Crippen LogP contribution in [0.3, 0.4) is 0 Å². The molecule has 1 N–H and O–H groups in total. The third kappa shape index (κ3) is 4.05. The Morgan fingerprint density at radius 2 is 1.85 bits per heavy atom. The molecular weight excluding hydrogens is 431 g/mol. The fraction of sp³-hybridized carbons (Fsp3) is 0.458. The number of fused-ring (bicyclic) bond motifs is 1. The van der Waals surface area contributed by atoms with Gasteiger partial charge in [0.1, 0.15) is 0 Å². The molecule has 1 saturated heterocycles. The molecule has 5 rings (SSSR count). The number of anilines is 2. The van der Waals surface area contributed by atoms with E-state index in [9.17, 15) is 18.0 Å². The van der Waals surface area contributed by atoms with Crippen LogP contribution in [-0.4, -0.2) is 27.9 Å². The van der Waals surface area contributed by atoms with Gasteiger partial charge in [-0.2, -0.15) is 13.2 Å². The van der Waals surface area contributed by atoms with Gasteiger partial charge in [0.25, 0.3) is 5.56 Å². The van der Waals surface area contributed by atoms with Crippen LogP contribution in [0.4, 0.5) is 24.8 Å². The summed E-state index contributed by atoms with van der Waals surface area (Å²) in [6.45, 7) is 5.02. The van der Waals surface area contributed by atoms with Gasteiger partial charge in [0.15, 0.2) is 11.6 Å². The molecule has 1 aliphatic heterocycles. The van der Waals surface area contributed by atoms with E-state index in [2.05, 4.69) is 20.4 Å². The van der Waals surface area contributed by atoms with Gasteiger partial charge in [0, 0.05) is 42.2 Å². The van der Waals surface area contributed by atoms with Crippen LogP contribution in [0.2, 0.25) is 0 Å². The molecular formula is C24H26F3N5O. The highest BCUT2D eigenvalue weighted by atomic mass is 19.4. The van der Waals surface area contributed by atoms with Crippen LogP contribution in [0, 0.1) is 6.92 Å². The Kier molecular flexibility index (Phi) is 5.29. The molecule has 0 bridgehead atoms. The third-order valence-corrected chi connectivity index (χ3v) is 6.67. The molecule has 1 aliphatic carbocycles. The Hall–Kier alpha value is -3.10. The van der Waals surface area contributed by atoms with E-state index in [-0.39, 0.29) is 17.2 Å². The first-order chi connectivity index (χ1) is 15.7. The summed E-state index contributed by atoms with van der Waals surface area (Å²) in [4.78, 5) is 14.9. The molecule has 3 aromatic rings. The number of pyridine rings is 1. The van der Waals surface area contributed by atoms with Gasteiger partial charge in [0.05, 0.1) is 11.6 Å². The first kappa shape index (κ1) is 21.7. The molecule has 1 saturated carbocycles. The summed E-state index contributed by atoms with van der Waals surface area (Å²) >= 11 is 0. The van der Waals surface area contributed by atoms with Gasteiger partial charge in [0.2, 0.25) is 0 Å². The van der Waals surface area contributed by atoms with Crippen LogP contribution in [0.1, 0.15) is 61.4 Å². The zero-order valence-corrected chi connectivity index (χ0v) is 18.6. The molecule has 1 aromatic carbocycles. The van der Waals surface area contributed by atoms with Crippen molar-refractivity contribution in [3.8, 4) is 0 Å². The molecule has 1 atom stereocenters. The number of rotatable bonds is 5. The summed E-state index contributed by atoms with van der Waals surface area (Å²) in [6.07, 6.45) is 1.47. The molecule has 2 fully saturated rings. The van der Waals surface area contributed by atoms with E-state index in [1.54, 1.807) is 23.6 Å². The second-order valence-electron chi connectivity index (χ2n) is 9.03. The van der Waals surface area contributed by atoms with Crippen molar-refractivity contribution in [3.63, 3.8) is 0 Å². The van der Waals surface area contributed by atoms with Crippen molar-refractivity contribution in [2.45, 2.75) is 57.8 Å². The molecule has 9 heteroatoms. The lowest BCUT2D eigenvalue weighted by Crippen LogP contribution is -2.23. The summed E-state index contributed by atoms with van der Waals surface area (Å²) in [5.74, 6) is 1.16. The molecule has 6 nitrogen and oxygen atoms in total. The smallest absolute Gasteiger partial charge is 0.361 e. The van der Waals surface area contributed by atoms with E-state index < -0.39 is 17.8 Å². The van der Waals surface area contributed by atoms with Gasteiger partial charge in [-0.25, -0.2) is 0 Å². The number of hydrogen-bond acceptors (Lipinski definition) is 5. The largest absolute Gasteiger partial charge is 0.416 e. The predicted octanol–water partition coefficient (Wildman–Crippen LogP) is 5.23. The van der Waals surface area contributed by atoms with Crippen molar-refractivity contribution in [1.29, 1.82) is 0 Å². The second-order valence-corrected chi connectivity index (χ2v) is 9.03. The molecule has 2 aliphatic rings. The third-order valence-electron chi connectivity index (χ3n) is 6.67. The van der Waals surface area contributed by atoms with Crippen molar-refractivity contribution in [1.82, 2.24) is 14.8 Å². The quantitative estimate of drug-likeness (QED) is 0.569. The highest BCUT2D eigenvalue weighted by molar-refractivity contribution is 5.98. The van der Waals surface area contributed by atoms with Crippen molar-refractivity contribution in [2.24, 2.45) is 0 Å². The lowest BCUT2D eigenvalue weighted by Gasteiger charge is -2.23. The lowest BCUT2D eigenvalue weighted by atomic mass is 9.97. The van der Waals surface area contributed by atoms with Gasteiger partial charge in [-0.15, -0.1) is 10.2 Å². The Labute approximate surface area is 189 Å². The Morgan fingerprint density at radius 3 is 2.52 bits per heavy atom. The molecule has 174 valence electrons. The highest BCUT2D eigenvalue weighted by Crippen LogP contribution is 2.38. The summed E-state index contributed by atoms with van der Waals surface area (Å²) in [5.41, 5.74) is 0.0208. The summed E-state index contributed by atoms with van der Waals surface area (Å²) in [7, 11) is 0. The van der Waals surface area contributed by atoms with E-state index in [1.807, 2.05) is 6.20 Å².